The highest BCUT2D eigenvalue weighted by atomic mass is 32.2. The number of fused-ring (bicyclic) bond motifs is 3. The molecule has 0 bridgehead atoms. The Morgan fingerprint density at radius 1 is 1.04 bits per heavy atom. The second kappa shape index (κ2) is 12.5. The first-order chi connectivity index (χ1) is 22.7. The monoisotopic (exact) mass is 654 g/mol. The third kappa shape index (κ3) is 5.87. The van der Waals surface area contributed by atoms with E-state index in [4.69, 9.17) is 5.10 Å². The van der Waals surface area contributed by atoms with Gasteiger partial charge in [-0.15, -0.1) is 10.2 Å². The van der Waals surface area contributed by atoms with Crippen molar-refractivity contribution in [3.8, 4) is 11.1 Å². The molecular weight excluding hydrogens is 616 g/mol. The van der Waals surface area contributed by atoms with Crippen LogP contribution in [0.25, 0.3) is 11.1 Å². The van der Waals surface area contributed by atoms with Crippen LogP contribution in [-0.4, -0.2) is 78.8 Å². The average molecular weight is 655 g/mol. The van der Waals surface area contributed by atoms with E-state index in [0.29, 0.717) is 28.8 Å². The molecule has 5 heterocycles. The quantitative estimate of drug-likeness (QED) is 0.230. The fourth-order valence-corrected chi connectivity index (χ4v) is 7.08. The van der Waals surface area contributed by atoms with E-state index in [-0.39, 0.29) is 35.5 Å². The van der Waals surface area contributed by atoms with Crippen LogP contribution < -0.4 is 20.9 Å². The summed E-state index contributed by atoms with van der Waals surface area (Å²) in [6, 6.07) is 13.7. The van der Waals surface area contributed by atoms with Crippen LogP contribution in [-0.2, 0) is 22.1 Å². The van der Waals surface area contributed by atoms with Gasteiger partial charge in [-0.2, -0.15) is 5.10 Å². The maximum atomic E-state index is 12.7. The normalized spacial score (nSPS) is 18.1. The Hall–Kier alpha value is -4.69. The highest BCUT2D eigenvalue weighted by Gasteiger charge is 2.37. The number of para-hydroxylation sites is 1. The number of pyridine rings is 1. The van der Waals surface area contributed by atoms with Crippen molar-refractivity contribution in [2.75, 3.05) is 48.5 Å². The van der Waals surface area contributed by atoms with Gasteiger partial charge in [0.1, 0.15) is 5.03 Å². The summed E-state index contributed by atoms with van der Waals surface area (Å²) < 4.78 is 14.4. The summed E-state index contributed by atoms with van der Waals surface area (Å²) in [6.07, 6.45) is 3.69. The lowest BCUT2D eigenvalue weighted by atomic mass is 9.93. The van der Waals surface area contributed by atoms with E-state index in [2.05, 4.69) is 65.7 Å². The first kappa shape index (κ1) is 30.9. The average Bonchev–Trinajstić information content (AvgIpc) is 3.83. The molecule has 13 nitrogen and oxygen atoms in total. The molecule has 7 rings (SSSR count). The summed E-state index contributed by atoms with van der Waals surface area (Å²) >= 11 is 0. The SMILES string of the molecule is CCS(=O)c1cccc(CN2CC(n3ncc4c3C(C)N(C)c3c(Nc5cc(NC(=O)C6CC6)nnc5C(=O)NC)cccc3-4)C2)n1. The molecule has 3 aromatic heterocycles. The summed E-state index contributed by atoms with van der Waals surface area (Å²) in [5.74, 6) is 0.385. The van der Waals surface area contributed by atoms with Gasteiger partial charge in [0.05, 0.1) is 57.5 Å². The number of hydrogen-bond acceptors (Lipinski definition) is 10. The Bertz CT molecular complexity index is 1880. The third-order valence-electron chi connectivity index (χ3n) is 9.14. The van der Waals surface area contributed by atoms with Crippen LogP contribution >= 0.6 is 0 Å². The summed E-state index contributed by atoms with van der Waals surface area (Å²) in [7, 11) is 2.54. The number of nitrogens with zero attached hydrogens (tertiary/aromatic N) is 7. The molecule has 47 heavy (non-hydrogen) atoms. The van der Waals surface area contributed by atoms with Crippen LogP contribution in [0.2, 0.25) is 0 Å². The van der Waals surface area contributed by atoms with Crippen LogP contribution in [0.4, 0.5) is 22.9 Å². The van der Waals surface area contributed by atoms with Gasteiger partial charge in [0.2, 0.25) is 5.91 Å². The second-order valence-corrected chi connectivity index (χ2v) is 14.0. The number of nitrogens with one attached hydrogen (secondary N) is 3. The molecule has 2 unspecified atom stereocenters. The molecule has 1 aromatic carbocycles. The van der Waals surface area contributed by atoms with E-state index < -0.39 is 10.8 Å². The fourth-order valence-electron chi connectivity index (χ4n) is 6.33. The number of amides is 2. The standard InChI is InChI=1S/C33H38N10O3S/c1-5-47(46)28-11-6-8-21(36-28)16-42-17-22(18-42)43-30-19(2)41(4)31-23(24(30)15-35-43)9-7-10-25(31)37-26-14-27(38-32(44)20-12-13-20)39-40-29(26)33(45)34-3/h6-11,14-15,19-20,22H,5,12-13,16-18H2,1-4H3,(H,34,45)(H2,37,38,39,44). The number of carbonyl (C=O) groups is 2. The van der Waals surface area contributed by atoms with Gasteiger partial charge in [0.15, 0.2) is 11.5 Å². The Balaban J connectivity index is 1.14. The molecule has 1 saturated carbocycles. The van der Waals surface area contributed by atoms with Crippen molar-refractivity contribution in [1.82, 2.24) is 35.2 Å². The van der Waals surface area contributed by atoms with Gasteiger partial charge in [-0.25, -0.2) is 4.98 Å². The van der Waals surface area contributed by atoms with Gasteiger partial charge in [0.25, 0.3) is 5.91 Å². The minimum absolute atomic E-state index is 0.00823. The number of anilines is 4. The first-order valence-corrected chi connectivity index (χ1v) is 17.3. The highest BCUT2D eigenvalue weighted by Crippen LogP contribution is 2.49. The molecule has 244 valence electrons. The van der Waals surface area contributed by atoms with E-state index in [0.717, 1.165) is 59.8 Å². The van der Waals surface area contributed by atoms with Crippen LogP contribution in [0.15, 0.2) is 53.7 Å². The number of hydrogen-bond donors (Lipinski definition) is 3. The number of likely N-dealkylation sites (tertiary alicyclic amines) is 1. The van der Waals surface area contributed by atoms with Crippen molar-refractivity contribution < 1.29 is 13.8 Å². The van der Waals surface area contributed by atoms with Gasteiger partial charge < -0.3 is 20.9 Å². The van der Waals surface area contributed by atoms with Gasteiger partial charge >= 0.3 is 0 Å². The highest BCUT2D eigenvalue weighted by molar-refractivity contribution is 7.84. The maximum absolute atomic E-state index is 12.7. The molecule has 2 aliphatic heterocycles. The Morgan fingerprint density at radius 2 is 1.83 bits per heavy atom. The van der Waals surface area contributed by atoms with Crippen LogP contribution in [0.3, 0.4) is 0 Å². The van der Waals surface area contributed by atoms with E-state index in [1.54, 1.807) is 13.1 Å². The zero-order chi connectivity index (χ0) is 32.8. The zero-order valence-electron chi connectivity index (χ0n) is 26.9. The minimum atomic E-state index is -1.07. The zero-order valence-corrected chi connectivity index (χ0v) is 27.7. The number of aromatic nitrogens is 5. The van der Waals surface area contributed by atoms with Crippen LogP contribution in [0.5, 0.6) is 0 Å². The summed E-state index contributed by atoms with van der Waals surface area (Å²) in [6.45, 7) is 6.47. The number of carbonyl (C=O) groups excluding carboxylic acids is 2. The molecule has 2 fully saturated rings. The van der Waals surface area contributed by atoms with Crippen molar-refractivity contribution in [3.63, 3.8) is 0 Å². The Labute approximate surface area is 275 Å². The maximum Gasteiger partial charge on any atom is 0.273 e. The molecule has 3 N–H and O–H groups in total. The third-order valence-corrected chi connectivity index (χ3v) is 10.4. The molecular formula is C33H38N10O3S. The number of rotatable bonds is 10. The van der Waals surface area contributed by atoms with Crippen molar-refractivity contribution in [1.29, 1.82) is 0 Å². The predicted octanol–water partition coefficient (Wildman–Crippen LogP) is 3.88. The molecule has 1 aliphatic carbocycles. The molecule has 0 spiro atoms. The van der Waals surface area contributed by atoms with Crippen molar-refractivity contribution in [2.24, 2.45) is 5.92 Å². The second-order valence-electron chi connectivity index (χ2n) is 12.3. The molecule has 0 radical (unpaired) electrons. The largest absolute Gasteiger partial charge is 0.364 e. The first-order valence-electron chi connectivity index (χ1n) is 15.9. The van der Waals surface area contributed by atoms with Crippen molar-refractivity contribution >= 4 is 45.5 Å². The predicted molar refractivity (Wildman–Crippen MR) is 180 cm³/mol. The van der Waals surface area contributed by atoms with Gasteiger partial charge in [-0.05, 0) is 38.0 Å². The summed E-state index contributed by atoms with van der Waals surface area (Å²) in [4.78, 5) is 34.4. The van der Waals surface area contributed by atoms with Crippen molar-refractivity contribution in [3.05, 3.63) is 65.7 Å². The number of benzene rings is 1. The molecule has 1 saturated heterocycles. The fraction of sp³-hybridized carbons (Fsp3) is 0.394. The van der Waals surface area contributed by atoms with E-state index in [9.17, 15) is 13.8 Å². The van der Waals surface area contributed by atoms with Gasteiger partial charge in [-0.3, -0.25) is 23.4 Å². The molecule has 2 amide bonds. The van der Waals surface area contributed by atoms with E-state index in [1.165, 1.54) is 0 Å². The molecule has 4 aromatic rings. The van der Waals surface area contributed by atoms with Gasteiger partial charge in [0, 0.05) is 62.6 Å². The minimum Gasteiger partial charge on any atom is -0.364 e. The summed E-state index contributed by atoms with van der Waals surface area (Å²) in [5, 5.41) is 22.7. The Kier molecular flexibility index (Phi) is 8.22. The lowest BCUT2D eigenvalue weighted by molar-refractivity contribution is -0.117. The van der Waals surface area contributed by atoms with E-state index >= 15 is 0 Å². The van der Waals surface area contributed by atoms with Gasteiger partial charge in [-0.1, -0.05) is 25.1 Å². The molecule has 2 atom stereocenters. The van der Waals surface area contributed by atoms with E-state index in [1.807, 2.05) is 43.5 Å². The lowest BCUT2D eigenvalue weighted by Crippen LogP contribution is -2.48. The summed E-state index contributed by atoms with van der Waals surface area (Å²) in [5.41, 5.74) is 6.52. The smallest absolute Gasteiger partial charge is 0.273 e. The van der Waals surface area contributed by atoms with Crippen molar-refractivity contribution in [2.45, 2.75) is 50.3 Å². The Morgan fingerprint density at radius 3 is 2.57 bits per heavy atom. The van der Waals surface area contributed by atoms with Crippen LogP contribution in [0, 0.1) is 5.92 Å². The molecule has 14 heteroatoms. The molecule has 3 aliphatic rings. The van der Waals surface area contributed by atoms with Crippen LogP contribution in [0.1, 0.15) is 60.6 Å². The topological polar surface area (TPSA) is 150 Å². The lowest BCUT2D eigenvalue weighted by Gasteiger charge is -2.42.